The lowest BCUT2D eigenvalue weighted by molar-refractivity contribution is -0.144. The van der Waals surface area contributed by atoms with Gasteiger partial charge in [0.15, 0.2) is 5.76 Å². The van der Waals surface area contributed by atoms with Crippen LogP contribution in [0.2, 0.25) is 5.02 Å². The highest BCUT2D eigenvalue weighted by Crippen LogP contribution is 2.23. The van der Waals surface area contributed by atoms with Gasteiger partial charge < -0.3 is 9.15 Å². The third-order valence-corrected chi connectivity index (χ3v) is 3.01. The van der Waals surface area contributed by atoms with E-state index in [1.54, 1.807) is 31.1 Å². The van der Waals surface area contributed by atoms with Crippen LogP contribution in [0.4, 0.5) is 0 Å². The topological polar surface area (TPSA) is 55.6 Å². The molecule has 6 heteroatoms. The first-order valence-corrected chi connectivity index (χ1v) is 7.01. The fourth-order valence-electron chi connectivity index (χ4n) is 1.87. The first-order valence-electron chi connectivity index (χ1n) is 6.63. The quantitative estimate of drug-likeness (QED) is 0.768. The second-order valence-electron chi connectivity index (χ2n) is 4.61. The molecule has 0 saturated carbocycles. The minimum atomic E-state index is -0.262. The third-order valence-electron chi connectivity index (χ3n) is 2.77. The number of likely N-dealkylation sites (N-methyl/N-ethyl adjacent to an activating group) is 1. The van der Waals surface area contributed by atoms with E-state index < -0.39 is 0 Å². The lowest BCUT2D eigenvalue weighted by Crippen LogP contribution is -2.27. The summed E-state index contributed by atoms with van der Waals surface area (Å²) in [7, 11) is 1.81. The molecule has 0 aliphatic carbocycles. The summed E-state index contributed by atoms with van der Waals surface area (Å²) in [6.07, 6.45) is 1.65. The number of carbonyl (C=O) groups excluding carboxylic acids is 1. The number of hydrogen-bond donors (Lipinski definition) is 0. The van der Waals surface area contributed by atoms with Gasteiger partial charge in [0, 0.05) is 10.6 Å². The molecule has 0 radical (unpaired) electrons. The van der Waals surface area contributed by atoms with E-state index >= 15 is 0 Å². The molecule has 0 bridgehead atoms. The fourth-order valence-corrected chi connectivity index (χ4v) is 2.06. The smallest absolute Gasteiger partial charge is 0.320 e. The van der Waals surface area contributed by atoms with Crippen LogP contribution >= 0.6 is 11.6 Å². The van der Waals surface area contributed by atoms with Crippen molar-refractivity contribution < 1.29 is 13.9 Å². The Balaban J connectivity index is 1.98. The zero-order chi connectivity index (χ0) is 15.2. The molecule has 0 spiro atoms. The van der Waals surface area contributed by atoms with E-state index in [1.807, 2.05) is 18.2 Å². The number of esters is 1. The van der Waals surface area contributed by atoms with E-state index in [-0.39, 0.29) is 12.5 Å². The highest BCUT2D eigenvalue weighted by molar-refractivity contribution is 6.30. The van der Waals surface area contributed by atoms with Gasteiger partial charge in [0.1, 0.15) is 0 Å². The molecule has 0 atom stereocenters. The Hall–Kier alpha value is -1.85. The van der Waals surface area contributed by atoms with Gasteiger partial charge in [-0.25, -0.2) is 4.98 Å². The Morgan fingerprint density at radius 1 is 1.48 bits per heavy atom. The van der Waals surface area contributed by atoms with Crippen LogP contribution in [0.1, 0.15) is 12.8 Å². The number of nitrogens with zero attached hydrogens (tertiary/aromatic N) is 2. The molecule has 2 rings (SSSR count). The van der Waals surface area contributed by atoms with Gasteiger partial charge in [-0.15, -0.1) is 0 Å². The predicted molar refractivity (Wildman–Crippen MR) is 79.9 cm³/mol. The number of rotatable bonds is 6. The van der Waals surface area contributed by atoms with Crippen molar-refractivity contribution in [2.24, 2.45) is 0 Å². The number of ether oxygens (including phenoxy) is 1. The van der Waals surface area contributed by atoms with E-state index in [0.717, 1.165) is 5.56 Å². The molecule has 0 saturated heterocycles. The van der Waals surface area contributed by atoms with Crippen molar-refractivity contribution in [3.8, 4) is 11.3 Å². The van der Waals surface area contributed by atoms with Gasteiger partial charge in [-0.05, 0) is 26.1 Å². The van der Waals surface area contributed by atoms with E-state index in [2.05, 4.69) is 4.98 Å². The van der Waals surface area contributed by atoms with Gasteiger partial charge in [0.2, 0.25) is 5.89 Å². The van der Waals surface area contributed by atoms with Crippen LogP contribution in [-0.4, -0.2) is 36.1 Å². The summed E-state index contributed by atoms with van der Waals surface area (Å²) in [5, 5.41) is 0.643. The molecule has 112 valence electrons. The molecule has 5 nitrogen and oxygen atoms in total. The van der Waals surface area contributed by atoms with Crippen molar-refractivity contribution in [2.75, 3.05) is 20.2 Å². The molecule has 0 N–H and O–H groups in total. The largest absolute Gasteiger partial charge is 0.465 e. The molecular weight excluding hydrogens is 292 g/mol. The number of aromatic nitrogens is 1. The molecule has 1 aromatic heterocycles. The Morgan fingerprint density at radius 2 is 2.29 bits per heavy atom. The number of carbonyl (C=O) groups is 1. The normalized spacial score (nSPS) is 10.9. The second-order valence-corrected chi connectivity index (χ2v) is 5.04. The zero-order valence-electron chi connectivity index (χ0n) is 12.0. The third kappa shape index (κ3) is 4.58. The maximum atomic E-state index is 11.4. The predicted octanol–water partition coefficient (Wildman–Crippen LogP) is 2.99. The number of halogens is 1. The van der Waals surface area contributed by atoms with Crippen LogP contribution < -0.4 is 0 Å². The minimum absolute atomic E-state index is 0.197. The van der Waals surface area contributed by atoms with E-state index in [9.17, 15) is 4.79 Å². The zero-order valence-corrected chi connectivity index (χ0v) is 12.8. The maximum Gasteiger partial charge on any atom is 0.320 e. The van der Waals surface area contributed by atoms with Crippen LogP contribution in [0.5, 0.6) is 0 Å². The van der Waals surface area contributed by atoms with Crippen molar-refractivity contribution in [2.45, 2.75) is 13.5 Å². The van der Waals surface area contributed by atoms with Crippen LogP contribution in [0.15, 0.2) is 34.9 Å². The highest BCUT2D eigenvalue weighted by atomic mass is 35.5. The maximum absolute atomic E-state index is 11.4. The molecule has 0 aliphatic rings. The van der Waals surface area contributed by atoms with Gasteiger partial charge >= 0.3 is 5.97 Å². The van der Waals surface area contributed by atoms with Gasteiger partial charge in [0.25, 0.3) is 0 Å². The van der Waals surface area contributed by atoms with Crippen molar-refractivity contribution >= 4 is 17.6 Å². The van der Waals surface area contributed by atoms with Crippen LogP contribution in [-0.2, 0) is 16.1 Å². The molecule has 1 heterocycles. The van der Waals surface area contributed by atoms with Gasteiger partial charge in [-0.1, -0.05) is 23.7 Å². The first kappa shape index (κ1) is 15.5. The summed E-state index contributed by atoms with van der Waals surface area (Å²) in [5.74, 6) is 0.926. The average molecular weight is 309 g/mol. The SMILES string of the molecule is CCOC(=O)CN(C)Cc1ncc(-c2cccc(Cl)c2)o1. The standard InChI is InChI=1S/C15H17ClN2O3/c1-3-20-15(19)10-18(2)9-14-17-8-13(21-14)11-5-4-6-12(16)7-11/h4-8H,3,9-10H2,1-2H3. The lowest BCUT2D eigenvalue weighted by Gasteiger charge is -2.12. The Labute approximate surface area is 128 Å². The van der Waals surface area contributed by atoms with Gasteiger partial charge in [-0.2, -0.15) is 0 Å². The summed E-state index contributed by atoms with van der Waals surface area (Å²) in [6, 6.07) is 7.37. The molecule has 0 fully saturated rings. The first-order chi connectivity index (χ1) is 10.1. The Kier molecular flexibility index (Phi) is 5.36. The summed E-state index contributed by atoms with van der Waals surface area (Å²) in [5.41, 5.74) is 0.870. The minimum Gasteiger partial charge on any atom is -0.465 e. The Bertz CT molecular complexity index is 612. The molecule has 2 aromatic rings. The molecular formula is C15H17ClN2O3. The molecule has 0 aliphatic heterocycles. The summed E-state index contributed by atoms with van der Waals surface area (Å²) in [6.45, 7) is 2.79. The average Bonchev–Trinajstić information content (AvgIpc) is 2.87. The molecule has 1 aromatic carbocycles. The lowest BCUT2D eigenvalue weighted by atomic mass is 10.2. The van der Waals surface area contributed by atoms with Gasteiger partial charge in [0.05, 0.1) is 25.9 Å². The van der Waals surface area contributed by atoms with Crippen molar-refractivity contribution in [3.63, 3.8) is 0 Å². The van der Waals surface area contributed by atoms with E-state index in [1.165, 1.54) is 0 Å². The summed E-state index contributed by atoms with van der Waals surface area (Å²) >= 11 is 5.95. The van der Waals surface area contributed by atoms with Crippen molar-refractivity contribution in [1.29, 1.82) is 0 Å². The summed E-state index contributed by atoms with van der Waals surface area (Å²) < 4.78 is 10.6. The van der Waals surface area contributed by atoms with E-state index in [4.69, 9.17) is 20.8 Å². The number of hydrogen-bond acceptors (Lipinski definition) is 5. The van der Waals surface area contributed by atoms with Gasteiger partial charge in [-0.3, -0.25) is 9.69 Å². The Morgan fingerprint density at radius 3 is 3.00 bits per heavy atom. The molecule has 21 heavy (non-hydrogen) atoms. The monoisotopic (exact) mass is 308 g/mol. The molecule has 0 amide bonds. The fraction of sp³-hybridized carbons (Fsp3) is 0.333. The van der Waals surface area contributed by atoms with E-state index in [0.29, 0.717) is 29.8 Å². The second kappa shape index (κ2) is 7.24. The highest BCUT2D eigenvalue weighted by Gasteiger charge is 2.12. The number of benzene rings is 1. The van der Waals surface area contributed by atoms with Crippen LogP contribution in [0.25, 0.3) is 11.3 Å². The van der Waals surface area contributed by atoms with Crippen LogP contribution in [0.3, 0.4) is 0 Å². The number of oxazole rings is 1. The summed E-state index contributed by atoms with van der Waals surface area (Å²) in [4.78, 5) is 17.4. The van der Waals surface area contributed by atoms with Crippen molar-refractivity contribution in [1.82, 2.24) is 9.88 Å². The molecule has 0 unspecified atom stereocenters. The van der Waals surface area contributed by atoms with Crippen LogP contribution in [0, 0.1) is 0 Å². The van der Waals surface area contributed by atoms with Crippen molar-refractivity contribution in [3.05, 3.63) is 41.4 Å².